The molecular formula is C20H19N3O5. The van der Waals surface area contributed by atoms with Crippen molar-refractivity contribution in [1.82, 2.24) is 0 Å². The van der Waals surface area contributed by atoms with Crippen LogP contribution < -0.4 is 10.1 Å². The van der Waals surface area contributed by atoms with Gasteiger partial charge in [0, 0.05) is 6.07 Å². The Balaban J connectivity index is 2.13. The van der Waals surface area contributed by atoms with E-state index in [4.69, 9.17) is 4.74 Å². The normalized spacial score (nSPS) is 11.0. The van der Waals surface area contributed by atoms with Crippen LogP contribution in [0.5, 0.6) is 11.5 Å². The third-order valence-electron chi connectivity index (χ3n) is 3.58. The predicted octanol–water partition coefficient (Wildman–Crippen LogP) is 3.88. The summed E-state index contributed by atoms with van der Waals surface area (Å²) >= 11 is 0. The van der Waals surface area contributed by atoms with Crippen molar-refractivity contribution in [3.63, 3.8) is 0 Å². The van der Waals surface area contributed by atoms with Gasteiger partial charge in [-0.25, -0.2) is 0 Å². The molecule has 0 fully saturated rings. The molecule has 144 valence electrons. The van der Waals surface area contributed by atoms with Gasteiger partial charge < -0.3 is 15.2 Å². The molecule has 0 saturated heterocycles. The van der Waals surface area contributed by atoms with Crippen molar-refractivity contribution in [2.75, 3.05) is 11.9 Å². The molecule has 8 heteroatoms. The molecule has 0 aromatic heterocycles. The minimum absolute atomic E-state index is 0.0332. The second-order valence-electron chi connectivity index (χ2n) is 6.36. The van der Waals surface area contributed by atoms with Crippen LogP contribution in [0.2, 0.25) is 0 Å². The van der Waals surface area contributed by atoms with Crippen molar-refractivity contribution in [1.29, 1.82) is 5.26 Å². The van der Waals surface area contributed by atoms with Crippen LogP contribution in [0, 0.1) is 27.4 Å². The van der Waals surface area contributed by atoms with Crippen molar-refractivity contribution in [3.8, 4) is 17.6 Å². The van der Waals surface area contributed by atoms with Crippen LogP contribution in [-0.4, -0.2) is 22.5 Å². The molecule has 0 aliphatic carbocycles. The first-order valence-corrected chi connectivity index (χ1v) is 8.43. The van der Waals surface area contributed by atoms with Crippen molar-refractivity contribution in [2.45, 2.75) is 13.8 Å². The van der Waals surface area contributed by atoms with E-state index in [0.29, 0.717) is 23.8 Å². The molecule has 0 unspecified atom stereocenters. The number of anilines is 1. The highest BCUT2D eigenvalue weighted by atomic mass is 16.6. The summed E-state index contributed by atoms with van der Waals surface area (Å²) in [5, 5.41) is 32.1. The molecule has 0 spiro atoms. The number of aromatic hydroxyl groups is 1. The number of carbonyl (C=O) groups is 1. The van der Waals surface area contributed by atoms with Gasteiger partial charge in [-0.3, -0.25) is 14.9 Å². The lowest BCUT2D eigenvalue weighted by Gasteiger charge is -2.09. The molecule has 2 aromatic rings. The van der Waals surface area contributed by atoms with Crippen LogP contribution in [0.15, 0.2) is 48.0 Å². The van der Waals surface area contributed by atoms with Gasteiger partial charge in [0.2, 0.25) is 0 Å². The maximum absolute atomic E-state index is 12.3. The third-order valence-corrected chi connectivity index (χ3v) is 3.58. The largest absolute Gasteiger partial charge is 0.506 e. The van der Waals surface area contributed by atoms with E-state index in [1.165, 1.54) is 12.1 Å². The number of nitrogens with one attached hydrogen (secondary N) is 1. The lowest BCUT2D eigenvalue weighted by molar-refractivity contribution is -0.384. The fourth-order valence-electron chi connectivity index (χ4n) is 2.17. The second-order valence-corrected chi connectivity index (χ2v) is 6.36. The number of ether oxygens (including phenoxy) is 1. The molecule has 8 nitrogen and oxygen atoms in total. The Morgan fingerprint density at radius 3 is 2.54 bits per heavy atom. The number of phenolic OH excluding ortho intramolecular Hbond substituents is 1. The minimum atomic E-state index is -0.744. The molecule has 2 rings (SSSR count). The van der Waals surface area contributed by atoms with Crippen LogP contribution in [0.4, 0.5) is 11.4 Å². The van der Waals surface area contributed by atoms with Gasteiger partial charge in [0.25, 0.3) is 11.6 Å². The number of carbonyl (C=O) groups excluding carboxylic acids is 1. The fraction of sp³-hybridized carbons (Fsp3) is 0.200. The highest BCUT2D eigenvalue weighted by molar-refractivity contribution is 6.10. The first-order valence-electron chi connectivity index (χ1n) is 8.43. The van der Waals surface area contributed by atoms with E-state index in [2.05, 4.69) is 5.32 Å². The summed E-state index contributed by atoms with van der Waals surface area (Å²) in [5.41, 5.74) is 0.0885. The van der Waals surface area contributed by atoms with E-state index in [1.807, 2.05) is 13.8 Å². The Morgan fingerprint density at radius 1 is 1.32 bits per heavy atom. The zero-order chi connectivity index (χ0) is 20.7. The van der Waals surface area contributed by atoms with Gasteiger partial charge in [-0.15, -0.1) is 0 Å². The highest BCUT2D eigenvalue weighted by Gasteiger charge is 2.15. The molecule has 0 saturated carbocycles. The van der Waals surface area contributed by atoms with E-state index < -0.39 is 16.6 Å². The first kappa shape index (κ1) is 20.5. The van der Waals surface area contributed by atoms with E-state index in [0.717, 1.165) is 12.1 Å². The zero-order valence-electron chi connectivity index (χ0n) is 15.4. The number of phenols is 1. The molecule has 2 aromatic carbocycles. The molecule has 28 heavy (non-hydrogen) atoms. The molecule has 0 heterocycles. The Morgan fingerprint density at radius 2 is 2.00 bits per heavy atom. The average Bonchev–Trinajstić information content (AvgIpc) is 2.66. The van der Waals surface area contributed by atoms with E-state index in [9.17, 15) is 25.3 Å². The SMILES string of the molecule is CC(C)COc1ccc(C=C(C#N)C(=O)Nc2ccc([N+](=O)[O-])cc2O)cc1. The Kier molecular flexibility index (Phi) is 6.71. The molecule has 0 aliphatic rings. The van der Waals surface area contributed by atoms with Crippen LogP contribution in [0.3, 0.4) is 0 Å². The number of nitrogens with zero attached hydrogens (tertiary/aromatic N) is 2. The highest BCUT2D eigenvalue weighted by Crippen LogP contribution is 2.28. The first-order chi connectivity index (χ1) is 13.3. The molecule has 0 bridgehead atoms. The maximum atomic E-state index is 12.3. The van der Waals surface area contributed by atoms with Gasteiger partial charge >= 0.3 is 0 Å². The molecule has 1 amide bonds. The predicted molar refractivity (Wildman–Crippen MR) is 104 cm³/mol. The smallest absolute Gasteiger partial charge is 0.273 e. The standard InChI is InChI=1S/C20H19N3O5/c1-13(2)12-28-17-6-3-14(4-7-17)9-15(11-21)20(25)22-18-8-5-16(23(26)27)10-19(18)24/h3-10,13,24H,12H2,1-2H3,(H,22,25). The number of hydrogen-bond donors (Lipinski definition) is 2. The van der Waals surface area contributed by atoms with Crippen LogP contribution in [0.1, 0.15) is 19.4 Å². The summed E-state index contributed by atoms with van der Waals surface area (Å²) in [4.78, 5) is 22.3. The number of nitro groups is 1. The second kappa shape index (κ2) is 9.19. The lowest BCUT2D eigenvalue weighted by Crippen LogP contribution is -2.13. The number of benzene rings is 2. The summed E-state index contributed by atoms with van der Waals surface area (Å²) in [5.74, 6) is -0.132. The molecular weight excluding hydrogens is 362 g/mol. The number of nitriles is 1. The van der Waals surface area contributed by atoms with Gasteiger partial charge in [-0.1, -0.05) is 26.0 Å². The average molecular weight is 381 g/mol. The zero-order valence-corrected chi connectivity index (χ0v) is 15.4. The quantitative estimate of drug-likeness (QED) is 0.246. The van der Waals surface area contributed by atoms with Gasteiger partial charge in [0.1, 0.15) is 23.1 Å². The summed E-state index contributed by atoms with van der Waals surface area (Å²) in [6.07, 6.45) is 1.39. The monoisotopic (exact) mass is 381 g/mol. The molecule has 0 radical (unpaired) electrons. The maximum Gasteiger partial charge on any atom is 0.273 e. The third kappa shape index (κ3) is 5.57. The van der Waals surface area contributed by atoms with E-state index in [-0.39, 0.29) is 16.9 Å². The number of hydrogen-bond acceptors (Lipinski definition) is 6. The van der Waals surface area contributed by atoms with Crippen molar-refractivity contribution < 1.29 is 19.6 Å². The van der Waals surface area contributed by atoms with Crippen molar-refractivity contribution in [3.05, 3.63) is 63.7 Å². The van der Waals surface area contributed by atoms with E-state index >= 15 is 0 Å². The Hall–Kier alpha value is -3.86. The number of amides is 1. The summed E-state index contributed by atoms with van der Waals surface area (Å²) in [7, 11) is 0. The lowest BCUT2D eigenvalue weighted by atomic mass is 10.1. The van der Waals surface area contributed by atoms with Gasteiger partial charge in [-0.2, -0.15) is 5.26 Å². The van der Waals surface area contributed by atoms with Crippen LogP contribution >= 0.6 is 0 Å². The van der Waals surface area contributed by atoms with Gasteiger partial charge in [0.05, 0.1) is 23.3 Å². The molecule has 2 N–H and O–H groups in total. The molecule has 0 atom stereocenters. The van der Waals surface area contributed by atoms with Crippen molar-refractivity contribution >= 4 is 23.4 Å². The van der Waals surface area contributed by atoms with Gasteiger partial charge in [-0.05, 0) is 35.8 Å². The van der Waals surface area contributed by atoms with E-state index in [1.54, 1.807) is 30.3 Å². The molecule has 0 aliphatic heterocycles. The minimum Gasteiger partial charge on any atom is -0.506 e. The number of nitro benzene ring substituents is 1. The number of rotatable bonds is 7. The summed E-state index contributed by atoms with van der Waals surface area (Å²) < 4.78 is 5.58. The Bertz CT molecular complexity index is 943. The van der Waals surface area contributed by atoms with Crippen LogP contribution in [-0.2, 0) is 4.79 Å². The Labute approximate surface area is 161 Å². The van der Waals surface area contributed by atoms with Crippen LogP contribution in [0.25, 0.3) is 6.08 Å². The summed E-state index contributed by atoms with van der Waals surface area (Å²) in [6, 6.07) is 12.0. The van der Waals surface area contributed by atoms with Crippen molar-refractivity contribution in [2.24, 2.45) is 5.92 Å². The summed E-state index contributed by atoms with van der Waals surface area (Å²) in [6.45, 7) is 4.66. The fourth-order valence-corrected chi connectivity index (χ4v) is 2.17. The number of non-ortho nitro benzene ring substituents is 1. The van der Waals surface area contributed by atoms with Gasteiger partial charge in [0.15, 0.2) is 0 Å². The topological polar surface area (TPSA) is 125 Å².